The van der Waals surface area contributed by atoms with Gasteiger partial charge in [0.05, 0.1) is 0 Å². The third-order valence-corrected chi connectivity index (χ3v) is 2.25. The molecule has 1 saturated heterocycles. The summed E-state index contributed by atoms with van der Waals surface area (Å²) in [5, 5.41) is 0. The van der Waals surface area contributed by atoms with Gasteiger partial charge in [0.2, 0.25) is 0 Å². The van der Waals surface area contributed by atoms with Crippen LogP contribution < -0.4 is 0 Å². The normalized spacial score (nSPS) is 20.9. The van der Waals surface area contributed by atoms with Crippen molar-refractivity contribution in [3.8, 4) is 0 Å². The molecule has 1 heteroatoms. The van der Waals surface area contributed by atoms with Gasteiger partial charge in [-0.05, 0) is 25.2 Å². The molecule has 0 saturated carbocycles. The molecule has 1 fully saturated rings. The van der Waals surface area contributed by atoms with Gasteiger partial charge in [0, 0.05) is 13.2 Å². The van der Waals surface area contributed by atoms with E-state index in [4.69, 9.17) is 4.74 Å². The highest BCUT2D eigenvalue weighted by Gasteiger charge is 2.14. The Morgan fingerprint density at radius 1 is 1.50 bits per heavy atom. The minimum atomic E-state index is 0.749. The van der Waals surface area contributed by atoms with Crippen LogP contribution in [-0.2, 0) is 4.74 Å². The number of allylic oxidation sites excluding steroid dienone is 1. The highest BCUT2D eigenvalue weighted by molar-refractivity contribution is 5.00. The van der Waals surface area contributed by atoms with Crippen molar-refractivity contribution in [1.29, 1.82) is 0 Å². The van der Waals surface area contributed by atoms with Crippen molar-refractivity contribution in [2.75, 3.05) is 13.2 Å². The molecule has 0 bridgehead atoms. The second-order valence-electron chi connectivity index (χ2n) is 2.90. The van der Waals surface area contributed by atoms with E-state index in [9.17, 15) is 0 Å². The zero-order valence-corrected chi connectivity index (χ0v) is 6.73. The van der Waals surface area contributed by atoms with Crippen LogP contribution in [0.4, 0.5) is 0 Å². The molecular weight excluding hydrogens is 124 g/mol. The second kappa shape index (κ2) is 3.77. The molecule has 0 amide bonds. The van der Waals surface area contributed by atoms with Gasteiger partial charge in [0.1, 0.15) is 0 Å². The number of ether oxygens (including phenoxy) is 1. The van der Waals surface area contributed by atoms with E-state index in [1.807, 2.05) is 0 Å². The van der Waals surface area contributed by atoms with Crippen LogP contribution in [0.3, 0.4) is 0 Å². The lowest BCUT2D eigenvalue weighted by Crippen LogP contribution is -2.16. The molecule has 10 heavy (non-hydrogen) atoms. The molecule has 0 aromatic heterocycles. The largest absolute Gasteiger partial charge is 0.381 e. The van der Waals surface area contributed by atoms with Crippen LogP contribution in [0.5, 0.6) is 0 Å². The van der Waals surface area contributed by atoms with E-state index in [1.165, 1.54) is 18.4 Å². The van der Waals surface area contributed by atoms with E-state index in [0.717, 1.165) is 25.6 Å². The lowest BCUT2D eigenvalue weighted by molar-refractivity contribution is 0.0752. The maximum Gasteiger partial charge on any atom is 0.0471 e. The number of rotatable bonds is 2. The van der Waals surface area contributed by atoms with Crippen LogP contribution in [0.25, 0.3) is 0 Å². The Morgan fingerprint density at radius 3 is 2.60 bits per heavy atom. The Labute approximate surface area is 63.1 Å². The molecule has 0 aromatic rings. The van der Waals surface area contributed by atoms with Crippen LogP contribution in [0.1, 0.15) is 26.2 Å². The molecule has 1 nitrogen and oxygen atoms in total. The quantitative estimate of drug-likeness (QED) is 0.535. The van der Waals surface area contributed by atoms with Gasteiger partial charge in [0.15, 0.2) is 0 Å². The fourth-order valence-electron chi connectivity index (χ4n) is 1.39. The average molecular weight is 140 g/mol. The maximum absolute atomic E-state index is 5.25. The first-order valence-corrected chi connectivity index (χ1v) is 4.10. The van der Waals surface area contributed by atoms with Crippen molar-refractivity contribution in [2.45, 2.75) is 26.2 Å². The molecule has 0 spiro atoms. The van der Waals surface area contributed by atoms with Gasteiger partial charge >= 0.3 is 0 Å². The van der Waals surface area contributed by atoms with Gasteiger partial charge in [-0.2, -0.15) is 0 Å². The molecule has 58 valence electrons. The molecule has 0 atom stereocenters. The summed E-state index contributed by atoms with van der Waals surface area (Å²) in [7, 11) is 0. The van der Waals surface area contributed by atoms with Crippen LogP contribution in [0, 0.1) is 5.92 Å². The SMILES string of the molecule is C=C(CC)C1CCOCC1. The standard InChI is InChI=1S/C9H16O/c1-3-8(2)9-4-6-10-7-5-9/h9H,2-7H2,1H3. The zero-order valence-electron chi connectivity index (χ0n) is 6.73. The summed E-state index contributed by atoms with van der Waals surface area (Å²) in [5.41, 5.74) is 1.41. The van der Waals surface area contributed by atoms with Crippen molar-refractivity contribution < 1.29 is 4.74 Å². The Balaban J connectivity index is 2.31. The Hall–Kier alpha value is -0.300. The van der Waals surface area contributed by atoms with Gasteiger partial charge in [-0.1, -0.05) is 19.1 Å². The lowest BCUT2D eigenvalue weighted by Gasteiger charge is -2.23. The molecule has 0 radical (unpaired) electrons. The van der Waals surface area contributed by atoms with E-state index in [-0.39, 0.29) is 0 Å². The van der Waals surface area contributed by atoms with Crippen molar-refractivity contribution in [3.05, 3.63) is 12.2 Å². The molecule has 0 unspecified atom stereocenters. The van der Waals surface area contributed by atoms with Crippen LogP contribution in [0.2, 0.25) is 0 Å². The first-order chi connectivity index (χ1) is 4.84. The fraction of sp³-hybridized carbons (Fsp3) is 0.778. The Kier molecular flexibility index (Phi) is 2.94. The van der Waals surface area contributed by atoms with Gasteiger partial charge in [-0.15, -0.1) is 0 Å². The van der Waals surface area contributed by atoms with Gasteiger partial charge in [-0.25, -0.2) is 0 Å². The fourth-order valence-corrected chi connectivity index (χ4v) is 1.39. The van der Waals surface area contributed by atoms with E-state index in [0.29, 0.717) is 0 Å². The molecule has 0 aromatic carbocycles. The summed E-state index contributed by atoms with van der Waals surface area (Å²) < 4.78 is 5.25. The second-order valence-corrected chi connectivity index (χ2v) is 2.90. The Bertz CT molecular complexity index is 112. The molecular formula is C9H16O. The minimum absolute atomic E-state index is 0.749. The summed E-state index contributed by atoms with van der Waals surface area (Å²) >= 11 is 0. The number of hydrogen-bond acceptors (Lipinski definition) is 1. The van der Waals surface area contributed by atoms with Crippen molar-refractivity contribution in [3.63, 3.8) is 0 Å². The maximum atomic E-state index is 5.25. The molecule has 0 aliphatic carbocycles. The highest BCUT2D eigenvalue weighted by Crippen LogP contribution is 2.23. The summed E-state index contributed by atoms with van der Waals surface area (Å²) in [6.07, 6.45) is 3.50. The van der Waals surface area contributed by atoms with Crippen molar-refractivity contribution in [2.24, 2.45) is 5.92 Å². The van der Waals surface area contributed by atoms with Crippen LogP contribution >= 0.6 is 0 Å². The smallest absolute Gasteiger partial charge is 0.0471 e. The van der Waals surface area contributed by atoms with E-state index < -0.39 is 0 Å². The summed E-state index contributed by atoms with van der Waals surface area (Å²) in [5.74, 6) is 0.749. The predicted octanol–water partition coefficient (Wildman–Crippen LogP) is 2.38. The molecule has 1 aliphatic rings. The highest BCUT2D eigenvalue weighted by atomic mass is 16.5. The molecule has 1 heterocycles. The first-order valence-electron chi connectivity index (χ1n) is 4.10. The first kappa shape index (κ1) is 7.80. The van der Waals surface area contributed by atoms with Gasteiger partial charge in [0.25, 0.3) is 0 Å². The Morgan fingerprint density at radius 2 is 2.10 bits per heavy atom. The van der Waals surface area contributed by atoms with E-state index >= 15 is 0 Å². The summed E-state index contributed by atoms with van der Waals surface area (Å²) in [6.45, 7) is 8.09. The average Bonchev–Trinajstić information content (AvgIpc) is 2.05. The predicted molar refractivity (Wildman–Crippen MR) is 43.0 cm³/mol. The van der Waals surface area contributed by atoms with Crippen molar-refractivity contribution in [1.82, 2.24) is 0 Å². The minimum Gasteiger partial charge on any atom is -0.381 e. The third kappa shape index (κ3) is 1.84. The molecule has 1 aliphatic heterocycles. The van der Waals surface area contributed by atoms with Gasteiger partial charge in [-0.3, -0.25) is 0 Å². The summed E-state index contributed by atoms with van der Waals surface area (Å²) in [6, 6.07) is 0. The van der Waals surface area contributed by atoms with Crippen molar-refractivity contribution >= 4 is 0 Å². The summed E-state index contributed by atoms with van der Waals surface area (Å²) in [4.78, 5) is 0. The van der Waals surface area contributed by atoms with Gasteiger partial charge < -0.3 is 4.74 Å². The van der Waals surface area contributed by atoms with E-state index in [1.54, 1.807) is 0 Å². The van der Waals surface area contributed by atoms with Crippen LogP contribution in [0.15, 0.2) is 12.2 Å². The monoisotopic (exact) mass is 140 g/mol. The topological polar surface area (TPSA) is 9.23 Å². The third-order valence-electron chi connectivity index (χ3n) is 2.25. The zero-order chi connectivity index (χ0) is 7.40. The lowest BCUT2D eigenvalue weighted by atomic mass is 9.91. The van der Waals surface area contributed by atoms with Crippen LogP contribution in [-0.4, -0.2) is 13.2 Å². The molecule has 0 N–H and O–H groups in total. The number of hydrogen-bond donors (Lipinski definition) is 0. The van der Waals surface area contributed by atoms with E-state index in [2.05, 4.69) is 13.5 Å². The molecule has 1 rings (SSSR count).